The van der Waals surface area contributed by atoms with Gasteiger partial charge in [-0.25, -0.2) is 9.59 Å². The summed E-state index contributed by atoms with van der Waals surface area (Å²) in [5, 5.41) is 6.02. The van der Waals surface area contributed by atoms with Crippen molar-refractivity contribution in [3.8, 4) is 0 Å². The highest BCUT2D eigenvalue weighted by Crippen LogP contribution is 2.52. The number of hydrogen-bond acceptors (Lipinski definition) is 2. The summed E-state index contributed by atoms with van der Waals surface area (Å²) in [7, 11) is 3.42. The van der Waals surface area contributed by atoms with E-state index >= 15 is 0 Å². The molecule has 0 bridgehead atoms. The van der Waals surface area contributed by atoms with Gasteiger partial charge in [0.2, 0.25) is 0 Å². The SMILES string of the molecule is CN1C(=O)N(C)[C@@]2(c3ccccc3)NC(=O)N[C@]12c1ccccc1. The molecule has 0 aliphatic carbocycles. The van der Waals surface area contributed by atoms with Crippen LogP contribution in [-0.2, 0) is 11.3 Å². The van der Waals surface area contributed by atoms with Crippen LogP contribution >= 0.6 is 0 Å². The number of hydrogen-bond donors (Lipinski definition) is 2. The summed E-state index contributed by atoms with van der Waals surface area (Å²) in [4.78, 5) is 28.4. The van der Waals surface area contributed by atoms with Crippen molar-refractivity contribution in [2.75, 3.05) is 14.1 Å². The number of benzene rings is 2. The maximum atomic E-state index is 12.8. The van der Waals surface area contributed by atoms with E-state index in [1.807, 2.05) is 60.7 Å². The molecule has 0 aromatic heterocycles. The van der Waals surface area contributed by atoms with Gasteiger partial charge in [-0.15, -0.1) is 0 Å². The summed E-state index contributed by atoms with van der Waals surface area (Å²) in [6.45, 7) is 0. The van der Waals surface area contributed by atoms with E-state index in [9.17, 15) is 9.59 Å². The number of fused-ring (bicyclic) bond motifs is 1. The highest BCUT2D eigenvalue weighted by Gasteiger charge is 2.72. The number of likely N-dealkylation sites (N-methyl/N-ethyl adjacent to an activating group) is 2. The van der Waals surface area contributed by atoms with Gasteiger partial charge in [-0.05, 0) is 0 Å². The smallest absolute Gasteiger partial charge is 0.307 e. The van der Waals surface area contributed by atoms with Gasteiger partial charge < -0.3 is 10.6 Å². The van der Waals surface area contributed by atoms with E-state index in [-0.39, 0.29) is 12.1 Å². The van der Waals surface area contributed by atoms with Crippen molar-refractivity contribution in [3.63, 3.8) is 0 Å². The molecule has 2 fully saturated rings. The van der Waals surface area contributed by atoms with Gasteiger partial charge in [0.1, 0.15) is 0 Å². The third-order valence-electron chi connectivity index (χ3n) is 5.08. The lowest BCUT2D eigenvalue weighted by Gasteiger charge is -2.43. The highest BCUT2D eigenvalue weighted by atomic mass is 16.2. The Morgan fingerprint density at radius 3 is 1.46 bits per heavy atom. The van der Waals surface area contributed by atoms with Crippen molar-refractivity contribution in [1.29, 1.82) is 0 Å². The molecule has 0 saturated carbocycles. The minimum Gasteiger partial charge on any atom is -0.307 e. The van der Waals surface area contributed by atoms with Crippen LogP contribution in [0.4, 0.5) is 9.59 Å². The molecule has 2 N–H and O–H groups in total. The molecule has 4 amide bonds. The predicted molar refractivity (Wildman–Crippen MR) is 88.8 cm³/mol. The van der Waals surface area contributed by atoms with Gasteiger partial charge in [-0.2, -0.15) is 0 Å². The van der Waals surface area contributed by atoms with Gasteiger partial charge in [-0.3, -0.25) is 9.80 Å². The van der Waals surface area contributed by atoms with Crippen molar-refractivity contribution in [3.05, 3.63) is 71.8 Å². The summed E-state index contributed by atoms with van der Waals surface area (Å²) in [6, 6.07) is 18.7. The fourth-order valence-corrected chi connectivity index (χ4v) is 4.01. The van der Waals surface area contributed by atoms with Crippen LogP contribution in [-0.4, -0.2) is 36.0 Å². The molecule has 2 aromatic rings. The van der Waals surface area contributed by atoms with Crippen LogP contribution in [0.2, 0.25) is 0 Å². The second kappa shape index (κ2) is 4.74. The number of nitrogens with zero attached hydrogens (tertiary/aromatic N) is 2. The Bertz CT molecular complexity index is 745. The molecular weight excluding hydrogens is 304 g/mol. The van der Waals surface area contributed by atoms with E-state index in [1.54, 1.807) is 23.9 Å². The van der Waals surface area contributed by atoms with Crippen molar-refractivity contribution in [2.24, 2.45) is 0 Å². The summed E-state index contributed by atoms with van der Waals surface area (Å²) in [5.74, 6) is 0. The third kappa shape index (κ3) is 1.50. The first-order chi connectivity index (χ1) is 11.5. The number of carbonyl (C=O) groups is 2. The fraction of sp³-hybridized carbons (Fsp3) is 0.222. The number of rotatable bonds is 2. The number of amides is 4. The van der Waals surface area contributed by atoms with Crippen molar-refractivity contribution in [2.45, 2.75) is 11.3 Å². The van der Waals surface area contributed by atoms with Crippen LogP contribution in [0.5, 0.6) is 0 Å². The van der Waals surface area contributed by atoms with Crippen LogP contribution in [0, 0.1) is 0 Å². The van der Waals surface area contributed by atoms with E-state index in [2.05, 4.69) is 10.6 Å². The molecule has 2 aromatic carbocycles. The Balaban J connectivity index is 2.07. The average molecular weight is 322 g/mol. The zero-order valence-electron chi connectivity index (χ0n) is 13.5. The van der Waals surface area contributed by atoms with Gasteiger partial charge in [0.15, 0.2) is 11.3 Å². The molecule has 2 aliphatic heterocycles. The van der Waals surface area contributed by atoms with E-state index in [0.717, 1.165) is 11.1 Å². The predicted octanol–water partition coefficient (Wildman–Crippen LogP) is 2.00. The summed E-state index contributed by atoms with van der Waals surface area (Å²) in [5.41, 5.74) is -0.378. The van der Waals surface area contributed by atoms with Crippen molar-refractivity contribution < 1.29 is 9.59 Å². The molecule has 6 nitrogen and oxygen atoms in total. The lowest BCUT2D eigenvalue weighted by Crippen LogP contribution is -2.61. The molecule has 2 aliphatic rings. The molecule has 0 radical (unpaired) electrons. The fourth-order valence-electron chi connectivity index (χ4n) is 4.01. The molecule has 122 valence electrons. The summed E-state index contributed by atoms with van der Waals surface area (Å²) in [6.07, 6.45) is 0. The molecule has 0 unspecified atom stereocenters. The topological polar surface area (TPSA) is 64.7 Å². The van der Waals surface area contributed by atoms with E-state index < -0.39 is 11.3 Å². The Labute approximate surface area is 140 Å². The highest BCUT2D eigenvalue weighted by molar-refractivity contribution is 5.89. The van der Waals surface area contributed by atoms with Crippen LogP contribution in [0.3, 0.4) is 0 Å². The molecule has 0 spiro atoms. The Kier molecular flexibility index (Phi) is 2.87. The normalized spacial score (nSPS) is 28.6. The zero-order chi connectivity index (χ0) is 16.9. The van der Waals surface area contributed by atoms with Crippen LogP contribution in [0.15, 0.2) is 60.7 Å². The summed E-state index contributed by atoms with van der Waals surface area (Å²) < 4.78 is 0. The van der Waals surface area contributed by atoms with Gasteiger partial charge >= 0.3 is 12.1 Å². The van der Waals surface area contributed by atoms with Crippen LogP contribution < -0.4 is 10.6 Å². The van der Waals surface area contributed by atoms with Crippen molar-refractivity contribution in [1.82, 2.24) is 20.4 Å². The molecule has 2 saturated heterocycles. The largest absolute Gasteiger partial charge is 0.324 e. The minimum atomic E-state index is -1.03. The lowest BCUT2D eigenvalue weighted by atomic mass is 9.82. The first-order valence-corrected chi connectivity index (χ1v) is 7.77. The monoisotopic (exact) mass is 322 g/mol. The number of carbonyl (C=O) groups excluding carboxylic acids is 2. The zero-order valence-corrected chi connectivity index (χ0v) is 13.5. The molecule has 24 heavy (non-hydrogen) atoms. The van der Waals surface area contributed by atoms with Gasteiger partial charge in [0.05, 0.1) is 0 Å². The second-order valence-corrected chi connectivity index (χ2v) is 6.13. The van der Waals surface area contributed by atoms with Crippen molar-refractivity contribution >= 4 is 12.1 Å². The average Bonchev–Trinajstić information content (AvgIpc) is 3.02. The number of urea groups is 2. The first-order valence-electron chi connectivity index (χ1n) is 7.77. The van der Waals surface area contributed by atoms with E-state index in [0.29, 0.717) is 0 Å². The standard InChI is InChI=1S/C18H18N4O2/c1-21-16(24)22(2)18(14-11-7-4-8-12-14)17(21,19-15(23)20-18)13-9-5-3-6-10-13/h3-12H,1-2H3,(H2,19,20,23)/t17-,18-/m1/s1. The van der Waals surface area contributed by atoms with Gasteiger partial charge in [-0.1, -0.05) is 60.7 Å². The minimum absolute atomic E-state index is 0.171. The molecular formula is C18H18N4O2. The van der Waals surface area contributed by atoms with Crippen LogP contribution in [0.1, 0.15) is 11.1 Å². The maximum Gasteiger partial charge on any atom is 0.324 e. The Morgan fingerprint density at radius 1 is 0.708 bits per heavy atom. The molecule has 6 heteroatoms. The Morgan fingerprint density at radius 2 is 1.08 bits per heavy atom. The molecule has 2 heterocycles. The molecule has 4 rings (SSSR count). The number of nitrogens with one attached hydrogen (secondary N) is 2. The lowest BCUT2D eigenvalue weighted by molar-refractivity contribution is 0.0616. The van der Waals surface area contributed by atoms with E-state index in [1.165, 1.54) is 0 Å². The van der Waals surface area contributed by atoms with Gasteiger partial charge in [0.25, 0.3) is 0 Å². The first kappa shape index (κ1) is 14.6. The third-order valence-corrected chi connectivity index (χ3v) is 5.08. The second-order valence-electron chi connectivity index (χ2n) is 6.13. The Hall–Kier alpha value is -3.02. The van der Waals surface area contributed by atoms with Gasteiger partial charge in [0, 0.05) is 25.2 Å². The van der Waals surface area contributed by atoms with E-state index in [4.69, 9.17) is 0 Å². The maximum absolute atomic E-state index is 12.8. The quantitative estimate of drug-likeness (QED) is 0.888. The summed E-state index contributed by atoms with van der Waals surface area (Å²) >= 11 is 0. The molecule has 2 atom stereocenters. The van der Waals surface area contributed by atoms with Crippen LogP contribution in [0.25, 0.3) is 0 Å².